The van der Waals surface area contributed by atoms with Crippen LogP contribution in [0.4, 0.5) is 4.39 Å². The second kappa shape index (κ2) is 5.82. The minimum atomic E-state index is -0.582. The van der Waals surface area contributed by atoms with E-state index in [1.807, 2.05) is 6.92 Å². The van der Waals surface area contributed by atoms with Crippen molar-refractivity contribution in [3.8, 4) is 0 Å². The highest BCUT2D eigenvalue weighted by atomic mass is 35.5. The van der Waals surface area contributed by atoms with E-state index in [0.29, 0.717) is 18.0 Å². The lowest BCUT2D eigenvalue weighted by Crippen LogP contribution is -2.34. The first-order valence-electron chi connectivity index (χ1n) is 5.00. The molecule has 1 aromatic carbocycles. The predicted molar refractivity (Wildman–Crippen MR) is 62.0 cm³/mol. The van der Waals surface area contributed by atoms with Gasteiger partial charge in [-0.3, -0.25) is 4.79 Å². The number of nitrogens with two attached hydrogens (primary N) is 1. The van der Waals surface area contributed by atoms with Crippen molar-refractivity contribution in [2.24, 2.45) is 5.73 Å². The molecular weight excluding hydrogens is 231 g/mol. The first kappa shape index (κ1) is 12.9. The van der Waals surface area contributed by atoms with E-state index in [1.54, 1.807) is 0 Å². The van der Waals surface area contributed by atoms with Crippen LogP contribution in [0.25, 0.3) is 0 Å². The van der Waals surface area contributed by atoms with Gasteiger partial charge in [0.05, 0.1) is 5.56 Å². The molecule has 88 valence electrons. The van der Waals surface area contributed by atoms with Crippen molar-refractivity contribution in [2.45, 2.75) is 19.4 Å². The molecule has 1 aromatic rings. The zero-order valence-corrected chi connectivity index (χ0v) is 9.72. The highest BCUT2D eigenvalue weighted by molar-refractivity contribution is 6.30. The van der Waals surface area contributed by atoms with Gasteiger partial charge < -0.3 is 11.1 Å². The molecule has 0 fully saturated rings. The largest absolute Gasteiger partial charge is 0.349 e. The molecular formula is C11H14ClFN2O. The van der Waals surface area contributed by atoms with Gasteiger partial charge in [-0.2, -0.15) is 0 Å². The normalized spacial score (nSPS) is 12.2. The Labute approximate surface area is 98.8 Å². The topological polar surface area (TPSA) is 55.1 Å². The minimum Gasteiger partial charge on any atom is -0.349 e. The van der Waals surface area contributed by atoms with Crippen LogP contribution in [0.2, 0.25) is 5.02 Å². The maximum absolute atomic E-state index is 13.3. The fraction of sp³-hybridized carbons (Fsp3) is 0.364. The monoisotopic (exact) mass is 244 g/mol. The Morgan fingerprint density at radius 1 is 1.62 bits per heavy atom. The maximum Gasteiger partial charge on any atom is 0.254 e. The summed E-state index contributed by atoms with van der Waals surface area (Å²) in [5, 5.41) is 2.98. The van der Waals surface area contributed by atoms with Crippen LogP contribution in [0.3, 0.4) is 0 Å². The average molecular weight is 245 g/mol. The van der Waals surface area contributed by atoms with E-state index >= 15 is 0 Å². The minimum absolute atomic E-state index is 0.0450. The number of hydrogen-bond donors (Lipinski definition) is 2. The third kappa shape index (κ3) is 3.47. The van der Waals surface area contributed by atoms with E-state index in [2.05, 4.69) is 5.32 Å². The van der Waals surface area contributed by atoms with Gasteiger partial charge in [-0.05, 0) is 38.1 Å². The lowest BCUT2D eigenvalue weighted by atomic mass is 10.1. The molecule has 0 saturated heterocycles. The lowest BCUT2D eigenvalue weighted by molar-refractivity contribution is 0.0935. The van der Waals surface area contributed by atoms with Gasteiger partial charge in [0.2, 0.25) is 0 Å². The molecule has 0 heterocycles. The standard InChI is InChI=1S/C11H14ClFN2O/c1-7(4-5-14)15-11(16)9-6-8(12)2-3-10(9)13/h2-3,6-7H,4-5,14H2,1H3,(H,15,16). The molecule has 3 N–H and O–H groups in total. The molecule has 0 radical (unpaired) electrons. The predicted octanol–water partition coefficient (Wildman–Crippen LogP) is 1.95. The number of halogens is 2. The number of nitrogens with one attached hydrogen (secondary N) is 1. The van der Waals surface area contributed by atoms with Crippen LogP contribution in [0.5, 0.6) is 0 Å². The van der Waals surface area contributed by atoms with E-state index < -0.39 is 11.7 Å². The van der Waals surface area contributed by atoms with Gasteiger partial charge in [-0.15, -0.1) is 0 Å². The Morgan fingerprint density at radius 2 is 2.31 bits per heavy atom. The summed E-state index contributed by atoms with van der Waals surface area (Å²) >= 11 is 5.69. The molecule has 1 amide bonds. The van der Waals surface area contributed by atoms with E-state index in [4.69, 9.17) is 17.3 Å². The summed E-state index contributed by atoms with van der Waals surface area (Å²) in [5.41, 5.74) is 5.31. The van der Waals surface area contributed by atoms with Crippen LogP contribution in [0.15, 0.2) is 18.2 Å². The molecule has 0 saturated carbocycles. The van der Waals surface area contributed by atoms with E-state index in [9.17, 15) is 9.18 Å². The maximum atomic E-state index is 13.3. The van der Waals surface area contributed by atoms with Crippen LogP contribution in [-0.4, -0.2) is 18.5 Å². The first-order chi connectivity index (χ1) is 7.54. The summed E-state index contributed by atoms with van der Waals surface area (Å²) < 4.78 is 13.3. The SMILES string of the molecule is CC(CCN)NC(=O)c1cc(Cl)ccc1F. The lowest BCUT2D eigenvalue weighted by Gasteiger charge is -2.13. The number of amides is 1. The van der Waals surface area contributed by atoms with Gasteiger partial charge in [0.1, 0.15) is 5.82 Å². The van der Waals surface area contributed by atoms with Crippen molar-refractivity contribution >= 4 is 17.5 Å². The average Bonchev–Trinajstić information content (AvgIpc) is 2.21. The van der Waals surface area contributed by atoms with Crippen LogP contribution in [0.1, 0.15) is 23.7 Å². The Morgan fingerprint density at radius 3 is 2.94 bits per heavy atom. The van der Waals surface area contributed by atoms with Gasteiger partial charge in [0, 0.05) is 11.1 Å². The second-order valence-corrected chi connectivity index (χ2v) is 4.01. The highest BCUT2D eigenvalue weighted by Crippen LogP contribution is 2.14. The number of benzene rings is 1. The van der Waals surface area contributed by atoms with Crippen LogP contribution in [0, 0.1) is 5.82 Å². The van der Waals surface area contributed by atoms with Gasteiger partial charge in [0.15, 0.2) is 0 Å². The number of carbonyl (C=O) groups is 1. The summed E-state index contributed by atoms with van der Waals surface area (Å²) in [4.78, 5) is 11.7. The Bertz CT molecular complexity index is 384. The van der Waals surface area contributed by atoms with Crippen LogP contribution < -0.4 is 11.1 Å². The molecule has 1 atom stereocenters. The molecule has 3 nitrogen and oxygen atoms in total. The van der Waals surface area contributed by atoms with Crippen LogP contribution >= 0.6 is 11.6 Å². The zero-order chi connectivity index (χ0) is 12.1. The van der Waals surface area contributed by atoms with Gasteiger partial charge >= 0.3 is 0 Å². The smallest absolute Gasteiger partial charge is 0.254 e. The molecule has 0 aliphatic heterocycles. The number of carbonyl (C=O) groups excluding carboxylic acids is 1. The Kier molecular flexibility index (Phi) is 4.71. The Balaban J connectivity index is 2.76. The summed E-state index contributed by atoms with van der Waals surface area (Å²) in [6, 6.07) is 3.79. The first-order valence-corrected chi connectivity index (χ1v) is 5.38. The fourth-order valence-corrected chi connectivity index (χ4v) is 1.47. The molecule has 0 aliphatic carbocycles. The summed E-state index contributed by atoms with van der Waals surface area (Å²) in [6.45, 7) is 2.28. The highest BCUT2D eigenvalue weighted by Gasteiger charge is 2.14. The van der Waals surface area contributed by atoms with E-state index in [0.717, 1.165) is 0 Å². The quantitative estimate of drug-likeness (QED) is 0.851. The van der Waals surface area contributed by atoms with Gasteiger partial charge in [-0.1, -0.05) is 11.6 Å². The molecule has 0 aromatic heterocycles. The molecule has 0 bridgehead atoms. The van der Waals surface area contributed by atoms with Crippen molar-refractivity contribution in [3.05, 3.63) is 34.6 Å². The van der Waals surface area contributed by atoms with Crippen molar-refractivity contribution in [1.29, 1.82) is 0 Å². The molecule has 16 heavy (non-hydrogen) atoms. The molecule has 1 unspecified atom stereocenters. The van der Waals surface area contributed by atoms with Gasteiger partial charge in [0.25, 0.3) is 5.91 Å². The molecule has 1 rings (SSSR count). The summed E-state index contributed by atoms with van der Waals surface area (Å²) in [5.74, 6) is -1.05. The summed E-state index contributed by atoms with van der Waals surface area (Å²) in [7, 11) is 0. The van der Waals surface area contributed by atoms with Gasteiger partial charge in [-0.25, -0.2) is 4.39 Å². The van der Waals surface area contributed by atoms with E-state index in [1.165, 1.54) is 18.2 Å². The molecule has 5 heteroatoms. The van der Waals surface area contributed by atoms with Crippen molar-refractivity contribution in [1.82, 2.24) is 5.32 Å². The second-order valence-electron chi connectivity index (χ2n) is 3.58. The fourth-order valence-electron chi connectivity index (χ4n) is 1.30. The third-order valence-corrected chi connectivity index (χ3v) is 2.39. The Hall–Kier alpha value is -1.13. The van der Waals surface area contributed by atoms with Crippen molar-refractivity contribution in [3.63, 3.8) is 0 Å². The summed E-state index contributed by atoms with van der Waals surface area (Å²) in [6.07, 6.45) is 0.647. The molecule has 0 spiro atoms. The number of rotatable bonds is 4. The third-order valence-electron chi connectivity index (χ3n) is 2.15. The van der Waals surface area contributed by atoms with E-state index in [-0.39, 0.29) is 11.6 Å². The van der Waals surface area contributed by atoms with Crippen LogP contribution in [-0.2, 0) is 0 Å². The number of hydrogen-bond acceptors (Lipinski definition) is 2. The molecule has 0 aliphatic rings. The zero-order valence-electron chi connectivity index (χ0n) is 8.97. The van der Waals surface area contributed by atoms with Crippen molar-refractivity contribution in [2.75, 3.05) is 6.54 Å². The van der Waals surface area contributed by atoms with Crippen molar-refractivity contribution < 1.29 is 9.18 Å².